The summed E-state index contributed by atoms with van der Waals surface area (Å²) in [5.74, 6) is -0.421. The molecule has 0 heterocycles. The maximum Gasteiger partial charge on any atom is 0.325 e. The molecule has 1 aromatic carbocycles. The zero-order valence-electron chi connectivity index (χ0n) is 12.0. The average molecular weight is 281 g/mol. The molecule has 6 heteroatoms. The molecule has 1 amide bonds. The van der Waals surface area contributed by atoms with Gasteiger partial charge in [0, 0.05) is 0 Å². The maximum atomic E-state index is 12.0. The summed E-state index contributed by atoms with van der Waals surface area (Å²) in [6.45, 7) is 4.53. The Balaban J connectivity index is 2.72. The van der Waals surface area contributed by atoms with E-state index >= 15 is 0 Å². The van der Waals surface area contributed by atoms with Gasteiger partial charge < -0.3 is 19.9 Å². The first-order valence-corrected chi connectivity index (χ1v) is 6.13. The Hall–Kier alpha value is -2.24. The molecule has 0 spiro atoms. The monoisotopic (exact) mass is 281 g/mol. The Bertz CT molecular complexity index is 481. The number of hydrogen-bond donors (Lipinski definition) is 2. The van der Waals surface area contributed by atoms with E-state index in [1.165, 1.54) is 6.92 Å². The van der Waals surface area contributed by atoms with E-state index in [0.717, 1.165) is 0 Å². The van der Waals surface area contributed by atoms with Gasteiger partial charge >= 0.3 is 5.97 Å². The second-order valence-electron chi connectivity index (χ2n) is 4.82. The number of ether oxygens (including phenoxy) is 2. The summed E-state index contributed by atoms with van der Waals surface area (Å²) in [6.07, 6.45) is 0. The van der Waals surface area contributed by atoms with E-state index < -0.39 is 23.5 Å². The predicted octanol–water partition coefficient (Wildman–Crippen LogP) is 1.44. The Labute approximate surface area is 117 Å². The van der Waals surface area contributed by atoms with E-state index in [1.807, 2.05) is 0 Å². The minimum absolute atomic E-state index is 0.494. The van der Waals surface area contributed by atoms with Gasteiger partial charge in [0.25, 0.3) is 5.91 Å². The summed E-state index contributed by atoms with van der Waals surface area (Å²) in [5, 5.41) is 11.1. The summed E-state index contributed by atoms with van der Waals surface area (Å²) in [7, 11) is 1.56. The molecule has 1 atom stereocenters. The second kappa shape index (κ2) is 6.27. The first-order chi connectivity index (χ1) is 9.26. The van der Waals surface area contributed by atoms with Crippen LogP contribution in [-0.2, 0) is 9.59 Å². The van der Waals surface area contributed by atoms with Gasteiger partial charge in [-0.15, -0.1) is 0 Å². The summed E-state index contributed by atoms with van der Waals surface area (Å²) < 4.78 is 10.6. The van der Waals surface area contributed by atoms with Gasteiger partial charge in [-0.05, 0) is 45.0 Å². The molecular weight excluding hydrogens is 262 g/mol. The van der Waals surface area contributed by atoms with Crippen LogP contribution >= 0.6 is 0 Å². The van der Waals surface area contributed by atoms with Crippen LogP contribution in [0.5, 0.6) is 11.5 Å². The Morgan fingerprint density at radius 3 is 2.15 bits per heavy atom. The lowest BCUT2D eigenvalue weighted by atomic mass is 10.1. The summed E-state index contributed by atoms with van der Waals surface area (Å²) in [5.41, 5.74) is -1.18. The van der Waals surface area contributed by atoms with Crippen LogP contribution in [0, 0.1) is 0 Å². The first-order valence-electron chi connectivity index (χ1n) is 6.13. The standard InChI is InChI=1S/C14H19NO5/c1-9(12(16)17)15-13(18)14(2,3)20-11-7-5-10(19-4)6-8-11/h5-9H,1-4H3,(H,15,18)(H,16,17). The number of amides is 1. The van der Waals surface area contributed by atoms with Crippen molar-refractivity contribution in [1.29, 1.82) is 0 Å². The predicted molar refractivity (Wildman–Crippen MR) is 72.9 cm³/mol. The average Bonchev–Trinajstić information content (AvgIpc) is 2.38. The summed E-state index contributed by atoms with van der Waals surface area (Å²) in [4.78, 5) is 22.7. The molecule has 0 radical (unpaired) electrons. The molecule has 110 valence electrons. The van der Waals surface area contributed by atoms with Crippen molar-refractivity contribution in [3.05, 3.63) is 24.3 Å². The summed E-state index contributed by atoms with van der Waals surface area (Å²) in [6, 6.07) is 5.80. The largest absolute Gasteiger partial charge is 0.497 e. The van der Waals surface area contributed by atoms with Crippen LogP contribution in [0.15, 0.2) is 24.3 Å². The van der Waals surface area contributed by atoms with Crippen LogP contribution in [-0.4, -0.2) is 35.7 Å². The van der Waals surface area contributed by atoms with Crippen LogP contribution < -0.4 is 14.8 Å². The van der Waals surface area contributed by atoms with Gasteiger partial charge in [0.1, 0.15) is 17.5 Å². The van der Waals surface area contributed by atoms with Gasteiger partial charge in [-0.3, -0.25) is 9.59 Å². The molecule has 0 aliphatic heterocycles. The maximum absolute atomic E-state index is 12.0. The van der Waals surface area contributed by atoms with Crippen LogP contribution in [0.3, 0.4) is 0 Å². The van der Waals surface area contributed by atoms with Crippen molar-refractivity contribution < 1.29 is 24.2 Å². The molecule has 0 aromatic heterocycles. The third-order valence-electron chi connectivity index (χ3n) is 2.70. The third kappa shape index (κ3) is 4.15. The van der Waals surface area contributed by atoms with E-state index in [1.54, 1.807) is 45.2 Å². The number of carbonyl (C=O) groups is 2. The second-order valence-corrected chi connectivity index (χ2v) is 4.82. The molecule has 0 saturated heterocycles. The topological polar surface area (TPSA) is 84.9 Å². The fraction of sp³-hybridized carbons (Fsp3) is 0.429. The molecule has 1 aromatic rings. The zero-order chi connectivity index (χ0) is 15.3. The molecule has 0 saturated carbocycles. The highest BCUT2D eigenvalue weighted by Gasteiger charge is 2.32. The molecular formula is C14H19NO5. The van der Waals surface area contributed by atoms with Gasteiger partial charge in [-0.2, -0.15) is 0 Å². The number of methoxy groups -OCH3 is 1. The van der Waals surface area contributed by atoms with Crippen LogP contribution in [0.2, 0.25) is 0 Å². The molecule has 1 unspecified atom stereocenters. The number of rotatable bonds is 6. The molecule has 0 bridgehead atoms. The van der Waals surface area contributed by atoms with Crippen molar-refractivity contribution in [2.45, 2.75) is 32.4 Å². The smallest absolute Gasteiger partial charge is 0.325 e. The number of benzene rings is 1. The normalized spacial score (nSPS) is 12.4. The number of hydrogen-bond acceptors (Lipinski definition) is 4. The van der Waals surface area contributed by atoms with Gasteiger partial charge in [-0.25, -0.2) is 0 Å². The highest BCUT2D eigenvalue weighted by atomic mass is 16.5. The lowest BCUT2D eigenvalue weighted by Crippen LogP contribution is -2.51. The quantitative estimate of drug-likeness (QED) is 0.824. The molecule has 20 heavy (non-hydrogen) atoms. The Kier molecular flexibility index (Phi) is 4.96. The number of carbonyl (C=O) groups excluding carboxylic acids is 1. The minimum Gasteiger partial charge on any atom is -0.497 e. The molecule has 0 fully saturated rings. The van der Waals surface area contributed by atoms with Crippen molar-refractivity contribution in [1.82, 2.24) is 5.32 Å². The molecule has 2 N–H and O–H groups in total. The first kappa shape index (κ1) is 15.8. The Morgan fingerprint density at radius 2 is 1.70 bits per heavy atom. The van der Waals surface area contributed by atoms with E-state index in [9.17, 15) is 9.59 Å². The molecule has 6 nitrogen and oxygen atoms in total. The lowest BCUT2D eigenvalue weighted by molar-refractivity contribution is -0.144. The van der Waals surface area contributed by atoms with Gasteiger partial charge in [0.15, 0.2) is 5.60 Å². The van der Waals surface area contributed by atoms with Crippen LogP contribution in [0.1, 0.15) is 20.8 Å². The van der Waals surface area contributed by atoms with Crippen molar-refractivity contribution in [3.8, 4) is 11.5 Å². The van der Waals surface area contributed by atoms with E-state index in [4.69, 9.17) is 14.6 Å². The van der Waals surface area contributed by atoms with E-state index in [0.29, 0.717) is 11.5 Å². The molecule has 0 aliphatic rings. The fourth-order valence-corrected chi connectivity index (χ4v) is 1.42. The highest BCUT2D eigenvalue weighted by Crippen LogP contribution is 2.22. The number of aliphatic carboxylic acids is 1. The van der Waals surface area contributed by atoms with Gasteiger partial charge in [0.2, 0.25) is 0 Å². The molecule has 1 rings (SSSR count). The van der Waals surface area contributed by atoms with Gasteiger partial charge in [0.05, 0.1) is 7.11 Å². The lowest BCUT2D eigenvalue weighted by Gasteiger charge is -2.26. The van der Waals surface area contributed by atoms with Gasteiger partial charge in [-0.1, -0.05) is 0 Å². The number of nitrogens with one attached hydrogen (secondary N) is 1. The van der Waals surface area contributed by atoms with Crippen molar-refractivity contribution in [2.75, 3.05) is 7.11 Å². The van der Waals surface area contributed by atoms with Crippen LogP contribution in [0.4, 0.5) is 0 Å². The molecule has 0 aliphatic carbocycles. The van der Waals surface area contributed by atoms with Crippen molar-refractivity contribution in [2.24, 2.45) is 0 Å². The van der Waals surface area contributed by atoms with E-state index in [-0.39, 0.29) is 0 Å². The highest BCUT2D eigenvalue weighted by molar-refractivity contribution is 5.88. The third-order valence-corrected chi connectivity index (χ3v) is 2.70. The Morgan fingerprint density at radius 1 is 1.20 bits per heavy atom. The number of carboxylic acids is 1. The summed E-state index contributed by atoms with van der Waals surface area (Å²) >= 11 is 0. The van der Waals surface area contributed by atoms with E-state index in [2.05, 4.69) is 5.32 Å². The van der Waals surface area contributed by atoms with Crippen LogP contribution in [0.25, 0.3) is 0 Å². The number of carboxylic acid groups (broad SMARTS) is 1. The van der Waals surface area contributed by atoms with Crippen molar-refractivity contribution in [3.63, 3.8) is 0 Å². The zero-order valence-corrected chi connectivity index (χ0v) is 12.0. The van der Waals surface area contributed by atoms with Crippen molar-refractivity contribution >= 4 is 11.9 Å². The SMILES string of the molecule is COc1ccc(OC(C)(C)C(=O)NC(C)C(=O)O)cc1. The minimum atomic E-state index is -1.18. The fourth-order valence-electron chi connectivity index (χ4n) is 1.42.